The van der Waals surface area contributed by atoms with Crippen molar-refractivity contribution in [3.63, 3.8) is 0 Å². The topological polar surface area (TPSA) is 47.0 Å². The lowest BCUT2D eigenvalue weighted by Crippen LogP contribution is -1.99. The molecule has 0 aromatic carbocycles. The van der Waals surface area contributed by atoms with Crippen LogP contribution >= 0.6 is 0 Å². The number of rotatable bonds is 1. The van der Waals surface area contributed by atoms with Gasteiger partial charge in [0.2, 0.25) is 0 Å². The Morgan fingerprint density at radius 2 is 2.09 bits per heavy atom. The van der Waals surface area contributed by atoms with Gasteiger partial charge in [0, 0.05) is 18.6 Å². The van der Waals surface area contributed by atoms with E-state index in [1.165, 1.54) is 12.5 Å². The summed E-state index contributed by atoms with van der Waals surface area (Å²) in [6, 6.07) is 1.68. The number of pyridine rings is 1. The summed E-state index contributed by atoms with van der Waals surface area (Å²) in [6.07, 6.45) is 4.12. The third-order valence-corrected chi connectivity index (χ3v) is 2.62. The Kier molecular flexibility index (Phi) is 1.95. The van der Waals surface area contributed by atoms with E-state index in [0.29, 0.717) is 4.90 Å². The third-order valence-electron chi connectivity index (χ3n) is 1.39. The minimum absolute atomic E-state index is 0.306. The highest BCUT2D eigenvalue weighted by Gasteiger charge is 2.08. The first-order valence-electron chi connectivity index (χ1n) is 3.12. The highest BCUT2D eigenvalue weighted by atomic mass is 32.2. The van der Waals surface area contributed by atoms with Crippen LogP contribution in [0.2, 0.25) is 0 Å². The molecule has 0 bridgehead atoms. The third kappa shape index (κ3) is 1.77. The van der Waals surface area contributed by atoms with Crippen LogP contribution in [0.15, 0.2) is 23.4 Å². The lowest BCUT2D eigenvalue weighted by molar-refractivity contribution is 0.601. The Hall–Kier alpha value is -0.900. The number of sulfone groups is 1. The zero-order valence-corrected chi connectivity index (χ0v) is 7.22. The first-order valence-corrected chi connectivity index (χ1v) is 5.01. The fraction of sp³-hybridized carbons (Fsp3) is 0.286. The Bertz CT molecular complexity index is 356. The number of nitrogens with zero attached hydrogens (tertiary/aromatic N) is 1. The predicted octanol–water partition coefficient (Wildman–Crippen LogP) is 0.794. The molecule has 11 heavy (non-hydrogen) atoms. The Morgan fingerprint density at radius 3 is 2.45 bits per heavy atom. The van der Waals surface area contributed by atoms with Crippen LogP contribution < -0.4 is 0 Å². The molecule has 0 N–H and O–H groups in total. The molecule has 0 radical (unpaired) electrons. The molecule has 4 heteroatoms. The molecule has 3 nitrogen and oxygen atoms in total. The molecule has 0 atom stereocenters. The smallest absolute Gasteiger partial charge is 0.177 e. The quantitative estimate of drug-likeness (QED) is 0.627. The summed E-state index contributed by atoms with van der Waals surface area (Å²) in [4.78, 5) is 4.04. The maximum absolute atomic E-state index is 11.0. The van der Waals surface area contributed by atoms with Crippen molar-refractivity contribution in [1.82, 2.24) is 4.98 Å². The van der Waals surface area contributed by atoms with Crippen molar-refractivity contribution in [3.8, 4) is 0 Å². The van der Waals surface area contributed by atoms with E-state index in [0.717, 1.165) is 5.56 Å². The number of aromatic nitrogens is 1. The largest absolute Gasteiger partial charge is 0.263 e. The lowest BCUT2D eigenvalue weighted by atomic mass is 10.3. The zero-order valence-electron chi connectivity index (χ0n) is 6.40. The van der Waals surface area contributed by atoms with Crippen molar-refractivity contribution in [2.24, 2.45) is 0 Å². The molecule has 0 aliphatic carbocycles. The predicted molar refractivity (Wildman–Crippen MR) is 42.1 cm³/mol. The van der Waals surface area contributed by atoms with Gasteiger partial charge in [-0.2, -0.15) is 0 Å². The number of hydrogen-bond donors (Lipinski definition) is 0. The maximum Gasteiger partial charge on any atom is 0.177 e. The van der Waals surface area contributed by atoms with Gasteiger partial charge in [0.25, 0.3) is 0 Å². The van der Waals surface area contributed by atoms with E-state index in [-0.39, 0.29) is 0 Å². The first-order chi connectivity index (χ1) is 5.02. The average Bonchev–Trinajstić information content (AvgIpc) is 1.86. The molecule has 1 aromatic heterocycles. The monoisotopic (exact) mass is 171 g/mol. The Labute approximate surface area is 66.0 Å². The summed E-state index contributed by atoms with van der Waals surface area (Å²) in [6.45, 7) is 1.75. The maximum atomic E-state index is 11.0. The van der Waals surface area contributed by atoms with E-state index in [9.17, 15) is 8.42 Å². The Balaban J connectivity index is 3.37. The van der Waals surface area contributed by atoms with Gasteiger partial charge in [0.15, 0.2) is 9.84 Å². The second-order valence-corrected chi connectivity index (χ2v) is 4.40. The van der Waals surface area contributed by atoms with Gasteiger partial charge in [-0.25, -0.2) is 8.42 Å². The number of aryl methyl sites for hydroxylation is 1. The highest BCUT2D eigenvalue weighted by molar-refractivity contribution is 7.90. The van der Waals surface area contributed by atoms with Gasteiger partial charge >= 0.3 is 0 Å². The zero-order chi connectivity index (χ0) is 8.48. The van der Waals surface area contributed by atoms with Gasteiger partial charge in [0.05, 0.1) is 4.90 Å². The molecule has 60 valence electrons. The summed E-state index contributed by atoms with van der Waals surface area (Å²) < 4.78 is 22.0. The molecular formula is C7H9NO2S. The molecular weight excluding hydrogens is 162 g/mol. The molecule has 0 aliphatic rings. The molecule has 0 spiro atoms. The van der Waals surface area contributed by atoms with Gasteiger partial charge < -0.3 is 0 Å². The van der Waals surface area contributed by atoms with E-state index in [2.05, 4.69) is 4.98 Å². The molecule has 0 amide bonds. The molecule has 0 unspecified atom stereocenters. The SMILES string of the molecule is Cc1ccncc1S(C)(=O)=O. The summed E-state index contributed by atoms with van der Waals surface area (Å²) in [7, 11) is -3.10. The van der Waals surface area contributed by atoms with Gasteiger partial charge in [-0.05, 0) is 18.6 Å². The van der Waals surface area contributed by atoms with Crippen LogP contribution in [-0.2, 0) is 9.84 Å². The standard InChI is InChI=1S/C7H9NO2S/c1-6-3-4-8-5-7(6)11(2,9)10/h3-5H,1-2H3. The first kappa shape index (κ1) is 8.20. The van der Waals surface area contributed by atoms with E-state index in [1.54, 1.807) is 19.2 Å². The van der Waals surface area contributed by atoms with Crippen molar-refractivity contribution in [3.05, 3.63) is 24.0 Å². The molecule has 0 saturated carbocycles. The van der Waals surface area contributed by atoms with Crippen LogP contribution in [0.3, 0.4) is 0 Å². The normalized spacial score (nSPS) is 11.5. The second-order valence-electron chi connectivity index (χ2n) is 2.41. The van der Waals surface area contributed by atoms with E-state index < -0.39 is 9.84 Å². The van der Waals surface area contributed by atoms with Crippen molar-refractivity contribution in [2.75, 3.05) is 6.26 Å². The second kappa shape index (κ2) is 2.62. The Morgan fingerprint density at radius 1 is 1.45 bits per heavy atom. The fourth-order valence-corrected chi connectivity index (χ4v) is 1.74. The molecule has 0 fully saturated rings. The van der Waals surface area contributed by atoms with Crippen molar-refractivity contribution < 1.29 is 8.42 Å². The van der Waals surface area contributed by atoms with Gasteiger partial charge in [0.1, 0.15) is 0 Å². The van der Waals surface area contributed by atoms with E-state index in [1.807, 2.05) is 0 Å². The summed E-state index contributed by atoms with van der Waals surface area (Å²) in [5.74, 6) is 0. The van der Waals surface area contributed by atoms with Crippen LogP contribution in [0.1, 0.15) is 5.56 Å². The van der Waals surface area contributed by atoms with Crippen molar-refractivity contribution >= 4 is 9.84 Å². The molecule has 0 saturated heterocycles. The van der Waals surface area contributed by atoms with Gasteiger partial charge in [-0.3, -0.25) is 4.98 Å². The van der Waals surface area contributed by atoms with Crippen molar-refractivity contribution in [1.29, 1.82) is 0 Å². The van der Waals surface area contributed by atoms with Crippen molar-refractivity contribution in [2.45, 2.75) is 11.8 Å². The molecule has 1 heterocycles. The molecule has 0 aliphatic heterocycles. The summed E-state index contributed by atoms with van der Waals surface area (Å²) >= 11 is 0. The average molecular weight is 171 g/mol. The van der Waals surface area contributed by atoms with Crippen LogP contribution in [0.5, 0.6) is 0 Å². The molecule has 1 rings (SSSR count). The van der Waals surface area contributed by atoms with E-state index in [4.69, 9.17) is 0 Å². The minimum atomic E-state index is -3.10. The van der Waals surface area contributed by atoms with Crippen LogP contribution in [0, 0.1) is 6.92 Å². The summed E-state index contributed by atoms with van der Waals surface area (Å²) in [5.41, 5.74) is 0.738. The van der Waals surface area contributed by atoms with Crippen LogP contribution in [0.25, 0.3) is 0 Å². The molecule has 1 aromatic rings. The van der Waals surface area contributed by atoms with E-state index >= 15 is 0 Å². The summed E-state index contributed by atoms with van der Waals surface area (Å²) in [5, 5.41) is 0. The highest BCUT2D eigenvalue weighted by Crippen LogP contribution is 2.11. The van der Waals surface area contributed by atoms with Crippen LogP contribution in [0.4, 0.5) is 0 Å². The van der Waals surface area contributed by atoms with Gasteiger partial charge in [-0.1, -0.05) is 0 Å². The number of hydrogen-bond acceptors (Lipinski definition) is 3. The lowest BCUT2D eigenvalue weighted by Gasteiger charge is -1.99. The van der Waals surface area contributed by atoms with Gasteiger partial charge in [-0.15, -0.1) is 0 Å². The van der Waals surface area contributed by atoms with Crippen LogP contribution in [-0.4, -0.2) is 19.7 Å². The minimum Gasteiger partial charge on any atom is -0.263 e. The fourth-order valence-electron chi connectivity index (χ4n) is 0.838.